The summed E-state index contributed by atoms with van der Waals surface area (Å²) in [5.74, 6) is 1.51. The number of imidazole rings is 1. The molecule has 1 aliphatic heterocycles. The first kappa shape index (κ1) is 11.2. The van der Waals surface area contributed by atoms with E-state index in [4.69, 9.17) is 0 Å². The number of aromatic nitrogens is 2. The monoisotopic (exact) mass is 240 g/mol. The van der Waals surface area contributed by atoms with Crippen LogP contribution in [0.2, 0.25) is 0 Å². The average molecular weight is 240 g/mol. The number of fused-ring (bicyclic) bond motifs is 1. The van der Waals surface area contributed by atoms with Crippen molar-refractivity contribution in [2.45, 2.75) is 25.7 Å². The molecule has 1 saturated heterocycles. The number of hydrogen-bond acceptors (Lipinski definition) is 3. The molecule has 3 heterocycles. The molecule has 0 unspecified atom stereocenters. The Hall–Kier alpha value is -1.86. The zero-order valence-electron chi connectivity index (χ0n) is 10.5. The van der Waals surface area contributed by atoms with E-state index in [1.54, 1.807) is 0 Å². The summed E-state index contributed by atoms with van der Waals surface area (Å²) in [5, 5.41) is 12.6. The van der Waals surface area contributed by atoms with Gasteiger partial charge in [-0.1, -0.05) is 6.07 Å². The van der Waals surface area contributed by atoms with E-state index in [2.05, 4.69) is 20.8 Å². The molecule has 0 atom stereocenters. The molecule has 4 heteroatoms. The Morgan fingerprint density at radius 1 is 1.44 bits per heavy atom. The Morgan fingerprint density at radius 3 is 2.94 bits per heavy atom. The van der Waals surface area contributed by atoms with Gasteiger partial charge in [-0.2, -0.15) is 5.26 Å². The molecule has 0 amide bonds. The second kappa shape index (κ2) is 4.43. The van der Waals surface area contributed by atoms with Crippen LogP contribution in [0, 0.1) is 18.3 Å². The summed E-state index contributed by atoms with van der Waals surface area (Å²) >= 11 is 0. The number of piperidine rings is 1. The van der Waals surface area contributed by atoms with Gasteiger partial charge >= 0.3 is 0 Å². The van der Waals surface area contributed by atoms with E-state index in [1.807, 2.05) is 25.3 Å². The van der Waals surface area contributed by atoms with Crippen molar-refractivity contribution in [3.05, 3.63) is 35.4 Å². The Morgan fingerprint density at radius 2 is 2.22 bits per heavy atom. The van der Waals surface area contributed by atoms with Crippen LogP contribution in [0.4, 0.5) is 0 Å². The fraction of sp³-hybridized carbons (Fsp3) is 0.429. The molecule has 0 saturated carbocycles. The first-order chi connectivity index (χ1) is 8.81. The van der Waals surface area contributed by atoms with Crippen molar-refractivity contribution in [1.82, 2.24) is 14.7 Å². The van der Waals surface area contributed by atoms with Crippen LogP contribution >= 0.6 is 0 Å². The van der Waals surface area contributed by atoms with Gasteiger partial charge in [0.15, 0.2) is 5.69 Å². The highest BCUT2D eigenvalue weighted by Crippen LogP contribution is 2.27. The maximum atomic E-state index is 9.23. The maximum Gasteiger partial charge on any atom is 0.166 e. The molecule has 4 nitrogen and oxygen atoms in total. The van der Waals surface area contributed by atoms with E-state index >= 15 is 0 Å². The smallest absolute Gasteiger partial charge is 0.166 e. The lowest BCUT2D eigenvalue weighted by atomic mass is 9.97. The lowest BCUT2D eigenvalue weighted by Gasteiger charge is -2.21. The number of aryl methyl sites for hydroxylation is 1. The summed E-state index contributed by atoms with van der Waals surface area (Å²) in [6.45, 7) is 4.10. The third-order valence-corrected chi connectivity index (χ3v) is 3.70. The van der Waals surface area contributed by atoms with Gasteiger partial charge in [-0.3, -0.25) is 0 Å². The summed E-state index contributed by atoms with van der Waals surface area (Å²) in [4.78, 5) is 4.57. The van der Waals surface area contributed by atoms with Gasteiger partial charge in [0.2, 0.25) is 0 Å². The van der Waals surface area contributed by atoms with Crippen LogP contribution in [-0.2, 0) is 0 Å². The SMILES string of the molecule is Cc1cccn2c(C3CCNCC3)nc(C#N)c12. The standard InChI is InChI=1S/C14H16N4/c1-10-3-2-8-18-13(10)12(9-15)17-14(18)11-4-6-16-7-5-11/h2-3,8,11,16H,4-7H2,1H3. The largest absolute Gasteiger partial charge is 0.317 e. The van der Waals surface area contributed by atoms with Crippen molar-refractivity contribution in [3.8, 4) is 6.07 Å². The zero-order valence-corrected chi connectivity index (χ0v) is 10.5. The molecule has 3 rings (SSSR count). The lowest BCUT2D eigenvalue weighted by Crippen LogP contribution is -2.27. The number of nitrogens with zero attached hydrogens (tertiary/aromatic N) is 3. The van der Waals surface area contributed by atoms with Crippen LogP contribution in [0.25, 0.3) is 5.52 Å². The molecular formula is C14H16N4. The molecule has 0 aromatic carbocycles. The van der Waals surface area contributed by atoms with Crippen LogP contribution in [-0.4, -0.2) is 22.5 Å². The molecule has 2 aromatic rings. The molecule has 1 aliphatic rings. The fourth-order valence-corrected chi connectivity index (χ4v) is 2.78. The first-order valence-corrected chi connectivity index (χ1v) is 6.39. The van der Waals surface area contributed by atoms with Gasteiger partial charge in [0.05, 0.1) is 5.52 Å². The predicted molar refractivity (Wildman–Crippen MR) is 69.5 cm³/mol. The van der Waals surface area contributed by atoms with Crippen LogP contribution in [0.1, 0.15) is 35.8 Å². The molecule has 92 valence electrons. The lowest BCUT2D eigenvalue weighted by molar-refractivity contribution is 0.444. The minimum atomic E-state index is 0.461. The molecule has 0 aliphatic carbocycles. The van der Waals surface area contributed by atoms with Crippen molar-refractivity contribution in [2.24, 2.45) is 0 Å². The van der Waals surface area contributed by atoms with Gasteiger partial charge in [0.1, 0.15) is 11.9 Å². The van der Waals surface area contributed by atoms with Gasteiger partial charge in [-0.25, -0.2) is 4.98 Å². The van der Waals surface area contributed by atoms with Crippen molar-refractivity contribution in [3.63, 3.8) is 0 Å². The van der Waals surface area contributed by atoms with Gasteiger partial charge in [0.25, 0.3) is 0 Å². The van der Waals surface area contributed by atoms with Crippen molar-refractivity contribution >= 4 is 5.52 Å². The number of nitrogens with one attached hydrogen (secondary N) is 1. The number of hydrogen-bond donors (Lipinski definition) is 1. The first-order valence-electron chi connectivity index (χ1n) is 6.39. The zero-order chi connectivity index (χ0) is 12.5. The number of rotatable bonds is 1. The topological polar surface area (TPSA) is 53.1 Å². The quantitative estimate of drug-likeness (QED) is 0.829. The highest BCUT2D eigenvalue weighted by atomic mass is 15.0. The fourth-order valence-electron chi connectivity index (χ4n) is 2.78. The van der Waals surface area contributed by atoms with E-state index < -0.39 is 0 Å². The molecule has 0 spiro atoms. The molecular weight excluding hydrogens is 224 g/mol. The van der Waals surface area contributed by atoms with E-state index in [0.29, 0.717) is 11.6 Å². The van der Waals surface area contributed by atoms with Crippen molar-refractivity contribution < 1.29 is 0 Å². The molecule has 0 bridgehead atoms. The average Bonchev–Trinajstić information content (AvgIpc) is 2.80. The van der Waals surface area contributed by atoms with Gasteiger partial charge in [-0.15, -0.1) is 0 Å². The van der Waals surface area contributed by atoms with E-state index in [-0.39, 0.29) is 0 Å². The third-order valence-electron chi connectivity index (χ3n) is 3.70. The molecule has 0 radical (unpaired) electrons. The highest BCUT2D eigenvalue weighted by Gasteiger charge is 2.22. The predicted octanol–water partition coefficient (Wildman–Crippen LogP) is 1.98. The van der Waals surface area contributed by atoms with Gasteiger partial charge in [0, 0.05) is 12.1 Å². The molecule has 1 N–H and O–H groups in total. The van der Waals surface area contributed by atoms with E-state index in [1.165, 1.54) is 0 Å². The van der Waals surface area contributed by atoms with E-state index in [9.17, 15) is 5.26 Å². The van der Waals surface area contributed by atoms with Crippen LogP contribution in [0.3, 0.4) is 0 Å². The second-order valence-corrected chi connectivity index (χ2v) is 4.86. The maximum absolute atomic E-state index is 9.23. The van der Waals surface area contributed by atoms with Gasteiger partial charge < -0.3 is 9.72 Å². The molecule has 1 fully saturated rings. The Labute approximate surface area is 106 Å². The van der Waals surface area contributed by atoms with Crippen molar-refractivity contribution in [2.75, 3.05) is 13.1 Å². The second-order valence-electron chi connectivity index (χ2n) is 4.86. The Balaban J connectivity index is 2.18. The summed E-state index contributed by atoms with van der Waals surface area (Å²) in [6, 6.07) is 6.28. The number of pyridine rings is 1. The summed E-state index contributed by atoms with van der Waals surface area (Å²) in [7, 11) is 0. The molecule has 18 heavy (non-hydrogen) atoms. The number of nitriles is 1. The van der Waals surface area contributed by atoms with Crippen LogP contribution in [0.15, 0.2) is 18.3 Å². The summed E-state index contributed by atoms with van der Waals surface area (Å²) in [5.41, 5.74) is 2.64. The normalized spacial score (nSPS) is 16.9. The van der Waals surface area contributed by atoms with Crippen LogP contribution in [0.5, 0.6) is 0 Å². The van der Waals surface area contributed by atoms with Crippen LogP contribution < -0.4 is 5.32 Å². The van der Waals surface area contributed by atoms with E-state index in [0.717, 1.165) is 42.8 Å². The highest BCUT2D eigenvalue weighted by molar-refractivity contribution is 5.64. The third kappa shape index (κ3) is 1.68. The Kier molecular flexibility index (Phi) is 2.77. The Bertz CT molecular complexity index is 614. The van der Waals surface area contributed by atoms with Gasteiger partial charge in [-0.05, 0) is 44.5 Å². The minimum absolute atomic E-state index is 0.461. The summed E-state index contributed by atoms with van der Waals surface area (Å²) < 4.78 is 2.10. The van der Waals surface area contributed by atoms with Crippen molar-refractivity contribution in [1.29, 1.82) is 5.26 Å². The summed E-state index contributed by atoms with van der Waals surface area (Å²) in [6.07, 6.45) is 4.21. The molecule has 2 aromatic heterocycles. The minimum Gasteiger partial charge on any atom is -0.317 e.